The quantitative estimate of drug-likeness (QED) is 0.508. The molecule has 2 bridgehead atoms. The van der Waals surface area contributed by atoms with Crippen molar-refractivity contribution in [1.82, 2.24) is 4.90 Å². The van der Waals surface area contributed by atoms with Crippen molar-refractivity contribution in [3.05, 3.63) is 45.0 Å². The summed E-state index contributed by atoms with van der Waals surface area (Å²) >= 11 is 8.27. The van der Waals surface area contributed by atoms with Gasteiger partial charge in [-0.05, 0) is 41.0 Å². The summed E-state index contributed by atoms with van der Waals surface area (Å²) in [4.78, 5) is 15.0. The van der Waals surface area contributed by atoms with Crippen LogP contribution in [-0.4, -0.2) is 36.6 Å². The predicted molar refractivity (Wildman–Crippen MR) is 101 cm³/mol. The Morgan fingerprint density at radius 1 is 1.39 bits per heavy atom. The van der Waals surface area contributed by atoms with Crippen molar-refractivity contribution in [1.29, 1.82) is 0 Å². The molecule has 0 aromatic heterocycles. The maximum atomic E-state index is 12.5. The molecule has 2 aliphatic rings. The minimum absolute atomic E-state index is 0.0845. The molecule has 23 heavy (non-hydrogen) atoms. The summed E-state index contributed by atoms with van der Waals surface area (Å²) in [5.74, 6) is 0.0401. The zero-order valence-electron chi connectivity index (χ0n) is 13.1. The topological polar surface area (TPSA) is 29.5 Å². The summed E-state index contributed by atoms with van der Waals surface area (Å²) in [5, 5.41) is 0.732. The molecule has 0 radical (unpaired) electrons. The van der Waals surface area contributed by atoms with Crippen molar-refractivity contribution < 1.29 is 9.53 Å². The van der Waals surface area contributed by atoms with Gasteiger partial charge in [-0.25, -0.2) is 0 Å². The number of halogens is 2. The first-order valence-electron chi connectivity index (χ1n) is 8.00. The highest BCUT2D eigenvalue weighted by atomic mass is 127. The number of ether oxygens (including phenoxy) is 1. The molecular formula is C18H21ClINO2. The number of piperidine rings is 1. The highest BCUT2D eigenvalue weighted by Gasteiger charge is 2.50. The largest absolute Gasteiger partial charge is 0.469 e. The second-order valence-corrected chi connectivity index (χ2v) is 7.46. The second-order valence-electron chi connectivity index (χ2n) is 6.30. The molecule has 2 saturated heterocycles. The SMILES string of the molecule is COC(=O)[C@H]1[C@@H](c2ccc(Cl)cc2)C[C@@H]2CC[C@H]1N2C/C=C/I. The zero-order chi connectivity index (χ0) is 16.4. The van der Waals surface area contributed by atoms with E-state index in [2.05, 4.69) is 49.8 Å². The molecule has 4 atom stereocenters. The Kier molecular flexibility index (Phi) is 5.65. The van der Waals surface area contributed by atoms with Crippen LogP contribution in [0.1, 0.15) is 30.7 Å². The van der Waals surface area contributed by atoms with E-state index < -0.39 is 0 Å². The van der Waals surface area contributed by atoms with Crippen LogP contribution < -0.4 is 0 Å². The number of hydrogen-bond acceptors (Lipinski definition) is 3. The van der Waals surface area contributed by atoms with E-state index in [0.717, 1.165) is 30.8 Å². The fourth-order valence-corrected chi connectivity index (χ4v) is 4.62. The molecular weight excluding hydrogens is 425 g/mol. The number of hydrogen-bond donors (Lipinski definition) is 0. The number of fused-ring (bicyclic) bond motifs is 2. The number of esters is 1. The van der Waals surface area contributed by atoms with Gasteiger partial charge >= 0.3 is 5.97 Å². The van der Waals surface area contributed by atoms with Gasteiger partial charge in [0.25, 0.3) is 0 Å². The average molecular weight is 446 g/mol. The van der Waals surface area contributed by atoms with Crippen LogP contribution in [0.2, 0.25) is 5.02 Å². The molecule has 0 spiro atoms. The van der Waals surface area contributed by atoms with Crippen molar-refractivity contribution in [2.75, 3.05) is 13.7 Å². The highest BCUT2D eigenvalue weighted by molar-refractivity contribution is 14.1. The van der Waals surface area contributed by atoms with E-state index in [-0.39, 0.29) is 23.8 Å². The number of benzene rings is 1. The first kappa shape index (κ1) is 17.2. The smallest absolute Gasteiger partial charge is 0.310 e. The number of carbonyl (C=O) groups excluding carboxylic acids is 1. The number of rotatable bonds is 4. The standard InChI is InChI=1S/C18H21ClINO2/c1-23-18(22)17-15(12-3-5-13(19)6-4-12)11-14-7-8-16(17)21(14)10-2-9-20/h2-6,9,14-17H,7-8,10-11H2,1H3/b9-2+/t14-,15+,16+,17-/m0/s1. The molecule has 3 rings (SSSR count). The Bertz CT molecular complexity index is 589. The van der Waals surface area contributed by atoms with Gasteiger partial charge < -0.3 is 4.74 Å². The molecule has 3 nitrogen and oxygen atoms in total. The molecule has 124 valence electrons. The van der Waals surface area contributed by atoms with Gasteiger partial charge in [-0.3, -0.25) is 9.69 Å². The van der Waals surface area contributed by atoms with Crippen LogP contribution in [0, 0.1) is 5.92 Å². The zero-order valence-corrected chi connectivity index (χ0v) is 16.0. The highest BCUT2D eigenvalue weighted by Crippen LogP contribution is 2.47. The molecule has 0 unspecified atom stereocenters. The molecule has 0 amide bonds. The van der Waals surface area contributed by atoms with E-state index in [4.69, 9.17) is 16.3 Å². The van der Waals surface area contributed by atoms with E-state index in [1.165, 1.54) is 12.7 Å². The van der Waals surface area contributed by atoms with Crippen LogP contribution in [0.3, 0.4) is 0 Å². The van der Waals surface area contributed by atoms with E-state index in [9.17, 15) is 4.79 Å². The fraction of sp³-hybridized carbons (Fsp3) is 0.500. The molecule has 2 aliphatic heterocycles. The van der Waals surface area contributed by atoms with Gasteiger partial charge in [0.1, 0.15) is 0 Å². The maximum Gasteiger partial charge on any atom is 0.310 e. The van der Waals surface area contributed by atoms with Gasteiger partial charge in [0.15, 0.2) is 0 Å². The summed E-state index contributed by atoms with van der Waals surface area (Å²) in [5.41, 5.74) is 1.20. The van der Waals surface area contributed by atoms with E-state index >= 15 is 0 Å². The molecule has 0 aliphatic carbocycles. The predicted octanol–water partition coefficient (Wildman–Crippen LogP) is 4.40. The summed E-state index contributed by atoms with van der Waals surface area (Å²) < 4.78 is 7.21. The van der Waals surface area contributed by atoms with Crippen LogP contribution in [0.4, 0.5) is 0 Å². The van der Waals surface area contributed by atoms with E-state index in [0.29, 0.717) is 6.04 Å². The van der Waals surface area contributed by atoms with Gasteiger partial charge in [0.05, 0.1) is 13.0 Å². The van der Waals surface area contributed by atoms with E-state index in [1.807, 2.05) is 12.1 Å². The molecule has 0 saturated carbocycles. The number of nitrogens with zero attached hydrogens (tertiary/aromatic N) is 1. The van der Waals surface area contributed by atoms with Crippen molar-refractivity contribution in [3.63, 3.8) is 0 Å². The third-order valence-corrected chi connectivity index (χ3v) is 6.00. The van der Waals surface area contributed by atoms with Crippen molar-refractivity contribution in [2.45, 2.75) is 37.3 Å². The summed E-state index contributed by atoms with van der Waals surface area (Å²) in [6, 6.07) is 8.77. The maximum absolute atomic E-state index is 12.5. The van der Waals surface area contributed by atoms with Gasteiger partial charge in [-0.2, -0.15) is 0 Å². The molecule has 2 heterocycles. The summed E-state index contributed by atoms with van der Waals surface area (Å²) in [7, 11) is 1.50. The third kappa shape index (κ3) is 3.44. The van der Waals surface area contributed by atoms with Gasteiger partial charge in [0.2, 0.25) is 0 Å². The third-order valence-electron chi connectivity index (χ3n) is 5.24. The lowest BCUT2D eigenvalue weighted by molar-refractivity contribution is -0.150. The molecule has 1 aromatic carbocycles. The Morgan fingerprint density at radius 3 is 2.78 bits per heavy atom. The van der Waals surface area contributed by atoms with Gasteiger partial charge in [0, 0.05) is 29.6 Å². The van der Waals surface area contributed by atoms with Crippen LogP contribution in [0.25, 0.3) is 0 Å². The van der Waals surface area contributed by atoms with Crippen molar-refractivity contribution >= 4 is 40.2 Å². The first-order valence-corrected chi connectivity index (χ1v) is 9.62. The van der Waals surface area contributed by atoms with E-state index in [1.54, 1.807) is 0 Å². The van der Waals surface area contributed by atoms with Crippen molar-refractivity contribution in [3.8, 4) is 0 Å². The summed E-state index contributed by atoms with van der Waals surface area (Å²) in [6.45, 7) is 0.916. The number of methoxy groups -OCH3 is 1. The van der Waals surface area contributed by atoms with Gasteiger partial charge in [-0.1, -0.05) is 52.4 Å². The second kappa shape index (κ2) is 7.53. The Balaban J connectivity index is 1.91. The number of carbonyl (C=O) groups is 1. The minimum atomic E-state index is -0.0949. The fourth-order valence-electron chi connectivity index (χ4n) is 4.27. The Morgan fingerprint density at radius 2 is 2.13 bits per heavy atom. The minimum Gasteiger partial charge on any atom is -0.469 e. The Hall–Kier alpha value is -0.590. The lowest BCUT2D eigenvalue weighted by atomic mass is 9.76. The average Bonchev–Trinajstić information content (AvgIpc) is 2.84. The molecule has 5 heteroatoms. The Labute approximate surface area is 156 Å². The lowest BCUT2D eigenvalue weighted by Gasteiger charge is -2.43. The van der Waals surface area contributed by atoms with Crippen LogP contribution >= 0.6 is 34.2 Å². The van der Waals surface area contributed by atoms with Crippen molar-refractivity contribution in [2.24, 2.45) is 5.92 Å². The molecule has 1 aromatic rings. The van der Waals surface area contributed by atoms with Crippen LogP contribution in [0.15, 0.2) is 34.4 Å². The molecule has 2 fully saturated rings. The lowest BCUT2D eigenvalue weighted by Crippen LogP contribution is -2.50. The molecule has 0 N–H and O–H groups in total. The first-order chi connectivity index (χ1) is 11.2. The monoisotopic (exact) mass is 445 g/mol. The summed E-state index contributed by atoms with van der Waals surface area (Å²) in [6.07, 6.45) is 5.41. The van der Waals surface area contributed by atoms with Crippen LogP contribution in [0.5, 0.6) is 0 Å². The van der Waals surface area contributed by atoms with Crippen LogP contribution in [-0.2, 0) is 9.53 Å². The normalized spacial score (nSPS) is 30.7. The van der Waals surface area contributed by atoms with Gasteiger partial charge in [-0.15, -0.1) is 0 Å².